The minimum Gasteiger partial charge on any atom is -0.331 e. The molecule has 0 aliphatic rings. The molecule has 120 valence electrons. The highest BCUT2D eigenvalue weighted by Gasteiger charge is 2.17. The number of hydrogen-bond donors (Lipinski definition) is 1. The predicted octanol–water partition coefficient (Wildman–Crippen LogP) is 3.01. The first-order valence-corrected chi connectivity index (χ1v) is 8.91. The predicted molar refractivity (Wildman–Crippen MR) is 90.9 cm³/mol. The number of sulfonamides is 1. The maximum absolute atomic E-state index is 12.3. The summed E-state index contributed by atoms with van der Waals surface area (Å²) in [4.78, 5) is 4.53. The first-order valence-electron chi connectivity index (χ1n) is 7.04. The molecule has 2 aromatic carbocycles. The Bertz CT molecular complexity index is 980. The molecule has 1 N–H and O–H groups in total. The van der Waals surface area contributed by atoms with E-state index in [1.165, 1.54) is 6.07 Å². The maximum Gasteiger partial charge on any atom is 0.242 e. The van der Waals surface area contributed by atoms with Crippen LogP contribution in [-0.4, -0.2) is 18.0 Å². The van der Waals surface area contributed by atoms with E-state index in [1.807, 2.05) is 36.7 Å². The summed E-state index contributed by atoms with van der Waals surface area (Å²) in [5, 5.41) is 0.204. The van der Waals surface area contributed by atoms with E-state index in [-0.39, 0.29) is 16.5 Å². The van der Waals surface area contributed by atoms with Gasteiger partial charge in [-0.25, -0.2) is 18.1 Å². The normalized spacial score (nSPS) is 12.0. The van der Waals surface area contributed by atoms with E-state index in [9.17, 15) is 8.42 Å². The van der Waals surface area contributed by atoms with Crippen LogP contribution in [0.15, 0.2) is 47.4 Å². The lowest BCUT2D eigenvalue weighted by Crippen LogP contribution is -2.23. The van der Waals surface area contributed by atoms with Crippen LogP contribution < -0.4 is 4.72 Å². The van der Waals surface area contributed by atoms with Gasteiger partial charge in [-0.15, -0.1) is 0 Å². The highest BCUT2D eigenvalue weighted by molar-refractivity contribution is 7.89. The third kappa shape index (κ3) is 3.10. The van der Waals surface area contributed by atoms with Crippen molar-refractivity contribution in [2.45, 2.75) is 18.4 Å². The summed E-state index contributed by atoms with van der Waals surface area (Å²) in [5.74, 6) is 0.911. The Morgan fingerprint density at radius 3 is 2.70 bits per heavy atom. The Labute approximate surface area is 140 Å². The van der Waals surface area contributed by atoms with Crippen LogP contribution >= 0.6 is 11.6 Å². The summed E-state index contributed by atoms with van der Waals surface area (Å²) in [7, 11) is -1.70. The molecule has 3 rings (SSSR count). The van der Waals surface area contributed by atoms with E-state index >= 15 is 0 Å². The van der Waals surface area contributed by atoms with E-state index in [1.54, 1.807) is 18.2 Å². The van der Waals surface area contributed by atoms with Gasteiger partial charge in [0.2, 0.25) is 10.0 Å². The minimum atomic E-state index is -3.65. The zero-order valence-electron chi connectivity index (χ0n) is 12.7. The summed E-state index contributed by atoms with van der Waals surface area (Å²) < 4.78 is 29.2. The van der Waals surface area contributed by atoms with E-state index in [2.05, 4.69) is 9.71 Å². The molecule has 0 aliphatic carbocycles. The fourth-order valence-corrected chi connectivity index (χ4v) is 3.93. The van der Waals surface area contributed by atoms with E-state index in [0.29, 0.717) is 0 Å². The molecule has 0 spiro atoms. The van der Waals surface area contributed by atoms with Crippen molar-refractivity contribution in [3.8, 4) is 0 Å². The van der Waals surface area contributed by atoms with E-state index in [4.69, 9.17) is 11.6 Å². The molecule has 7 heteroatoms. The lowest BCUT2D eigenvalue weighted by atomic mass is 10.2. The summed E-state index contributed by atoms with van der Waals surface area (Å²) in [6.45, 7) is 2.11. The molecule has 0 radical (unpaired) electrons. The average molecular weight is 350 g/mol. The Morgan fingerprint density at radius 2 is 1.96 bits per heavy atom. The number of hydrogen-bond acceptors (Lipinski definition) is 3. The molecule has 0 atom stereocenters. The van der Waals surface area contributed by atoms with Gasteiger partial charge < -0.3 is 4.57 Å². The van der Waals surface area contributed by atoms with Gasteiger partial charge in [-0.2, -0.15) is 0 Å². The second-order valence-corrected chi connectivity index (χ2v) is 7.44. The van der Waals surface area contributed by atoms with Gasteiger partial charge >= 0.3 is 0 Å². The quantitative estimate of drug-likeness (QED) is 0.787. The van der Waals surface area contributed by atoms with Crippen molar-refractivity contribution in [2.75, 3.05) is 0 Å². The molecule has 0 bridgehead atoms. The van der Waals surface area contributed by atoms with Crippen LogP contribution in [0, 0.1) is 6.92 Å². The molecular formula is C16H16ClN3O2S. The molecule has 1 aromatic heterocycles. The molecule has 1 heterocycles. The van der Waals surface area contributed by atoms with Crippen LogP contribution in [0.25, 0.3) is 11.0 Å². The number of nitrogens with zero attached hydrogens (tertiary/aromatic N) is 2. The summed E-state index contributed by atoms with van der Waals surface area (Å²) >= 11 is 5.96. The van der Waals surface area contributed by atoms with E-state index < -0.39 is 10.0 Å². The smallest absolute Gasteiger partial charge is 0.242 e. The SMILES string of the molecule is Cc1nc2cc(CNS(=O)(=O)c3ccccc3Cl)ccc2n1C. The molecule has 0 fully saturated rings. The second-order valence-electron chi connectivity index (χ2n) is 5.30. The number of aryl methyl sites for hydroxylation is 2. The second kappa shape index (κ2) is 5.96. The van der Waals surface area contributed by atoms with Gasteiger partial charge in [-0.3, -0.25) is 0 Å². The zero-order valence-corrected chi connectivity index (χ0v) is 14.3. The third-order valence-corrected chi connectivity index (χ3v) is 5.66. The van der Waals surface area contributed by atoms with Crippen LogP contribution in [0.5, 0.6) is 0 Å². The molecule has 0 amide bonds. The fraction of sp³-hybridized carbons (Fsp3) is 0.188. The average Bonchev–Trinajstić information content (AvgIpc) is 2.80. The van der Waals surface area contributed by atoms with Gasteiger partial charge in [0.05, 0.1) is 16.1 Å². The van der Waals surface area contributed by atoms with Crippen LogP contribution in [0.1, 0.15) is 11.4 Å². The van der Waals surface area contributed by atoms with Gasteiger partial charge in [0.25, 0.3) is 0 Å². The molecule has 5 nitrogen and oxygen atoms in total. The maximum atomic E-state index is 12.3. The number of aromatic nitrogens is 2. The first-order chi connectivity index (χ1) is 10.9. The molecule has 0 saturated carbocycles. The van der Waals surface area contributed by atoms with Crippen LogP contribution in [-0.2, 0) is 23.6 Å². The number of benzene rings is 2. The van der Waals surface area contributed by atoms with Crippen LogP contribution in [0.3, 0.4) is 0 Å². The Morgan fingerprint density at radius 1 is 1.22 bits per heavy atom. The Balaban J connectivity index is 1.84. The van der Waals surface area contributed by atoms with Crippen molar-refractivity contribution in [1.82, 2.24) is 14.3 Å². The number of halogens is 1. The number of imidazole rings is 1. The molecular weight excluding hydrogens is 334 g/mol. The van der Waals surface area contributed by atoms with Crippen molar-refractivity contribution in [2.24, 2.45) is 7.05 Å². The highest BCUT2D eigenvalue weighted by atomic mass is 35.5. The third-order valence-electron chi connectivity index (χ3n) is 3.76. The van der Waals surface area contributed by atoms with Gasteiger partial charge in [0.15, 0.2) is 0 Å². The largest absolute Gasteiger partial charge is 0.331 e. The highest BCUT2D eigenvalue weighted by Crippen LogP contribution is 2.21. The molecule has 23 heavy (non-hydrogen) atoms. The summed E-state index contributed by atoms with van der Waals surface area (Å²) in [6, 6.07) is 12.1. The van der Waals surface area contributed by atoms with Gasteiger partial charge in [0, 0.05) is 13.6 Å². The standard InChI is InChI=1S/C16H16ClN3O2S/c1-11-19-14-9-12(7-8-15(14)20(11)2)10-18-23(21,22)16-6-4-3-5-13(16)17/h3-9,18H,10H2,1-2H3. The van der Waals surface area contributed by atoms with Crippen LogP contribution in [0.4, 0.5) is 0 Å². The number of nitrogens with one attached hydrogen (secondary N) is 1. The summed E-state index contributed by atoms with van der Waals surface area (Å²) in [5.41, 5.74) is 2.70. The zero-order chi connectivity index (χ0) is 16.6. The monoisotopic (exact) mass is 349 g/mol. The van der Waals surface area contributed by atoms with Gasteiger partial charge in [-0.05, 0) is 36.8 Å². The topological polar surface area (TPSA) is 64.0 Å². The molecule has 3 aromatic rings. The van der Waals surface area contributed by atoms with Crippen molar-refractivity contribution < 1.29 is 8.42 Å². The lowest BCUT2D eigenvalue weighted by Gasteiger charge is -2.08. The number of rotatable bonds is 4. The molecule has 0 saturated heterocycles. The Hall–Kier alpha value is -1.89. The number of fused-ring (bicyclic) bond motifs is 1. The van der Waals surface area contributed by atoms with Crippen molar-refractivity contribution >= 4 is 32.7 Å². The van der Waals surface area contributed by atoms with Gasteiger partial charge in [-0.1, -0.05) is 29.8 Å². The first kappa shape index (κ1) is 16.0. The van der Waals surface area contributed by atoms with Crippen molar-refractivity contribution in [1.29, 1.82) is 0 Å². The molecule has 0 aliphatic heterocycles. The molecule has 0 unspecified atom stereocenters. The Kier molecular flexibility index (Phi) is 4.14. The van der Waals surface area contributed by atoms with Gasteiger partial charge in [0.1, 0.15) is 10.7 Å². The van der Waals surface area contributed by atoms with Crippen LogP contribution in [0.2, 0.25) is 5.02 Å². The minimum absolute atomic E-state index is 0.0800. The lowest BCUT2D eigenvalue weighted by molar-refractivity contribution is 0.581. The van der Waals surface area contributed by atoms with Crippen molar-refractivity contribution in [3.05, 3.63) is 58.9 Å². The van der Waals surface area contributed by atoms with E-state index in [0.717, 1.165) is 22.4 Å². The van der Waals surface area contributed by atoms with Crippen molar-refractivity contribution in [3.63, 3.8) is 0 Å². The fourth-order valence-electron chi connectivity index (χ4n) is 2.39. The summed E-state index contributed by atoms with van der Waals surface area (Å²) in [6.07, 6.45) is 0.